The van der Waals surface area contributed by atoms with Gasteiger partial charge < -0.3 is 4.57 Å². The molecule has 0 spiro atoms. The van der Waals surface area contributed by atoms with Gasteiger partial charge in [0.15, 0.2) is 10.8 Å². The highest BCUT2D eigenvalue weighted by atomic mass is 35.5. The molecule has 0 aliphatic carbocycles. The molecule has 4 nitrogen and oxygen atoms in total. The van der Waals surface area contributed by atoms with E-state index in [9.17, 15) is 0 Å². The van der Waals surface area contributed by atoms with E-state index in [0.717, 1.165) is 23.6 Å². The van der Waals surface area contributed by atoms with E-state index >= 15 is 0 Å². The Morgan fingerprint density at radius 1 is 1.09 bits per heavy atom. The molecule has 0 saturated carbocycles. The molecule has 3 aromatic rings. The van der Waals surface area contributed by atoms with Crippen molar-refractivity contribution >= 4 is 34.4 Å². The van der Waals surface area contributed by atoms with Crippen molar-refractivity contribution in [2.75, 3.05) is 0 Å². The van der Waals surface area contributed by atoms with E-state index in [1.54, 1.807) is 0 Å². The van der Waals surface area contributed by atoms with E-state index in [4.69, 9.17) is 23.2 Å². The molecular weight excluding hydrogens is 319 g/mol. The average molecular weight is 335 g/mol. The molecule has 0 amide bonds. The predicted octanol–water partition coefficient (Wildman–Crippen LogP) is 4.76. The highest BCUT2D eigenvalue weighted by Gasteiger charge is 2.19. The maximum absolute atomic E-state index is 6.34. The highest BCUT2D eigenvalue weighted by molar-refractivity contribution is 6.34. The first-order chi connectivity index (χ1) is 10.5. The number of hydrogen-bond donors (Lipinski definition) is 0. The third kappa shape index (κ3) is 2.69. The summed E-state index contributed by atoms with van der Waals surface area (Å²) in [7, 11) is 0. The third-order valence-corrected chi connectivity index (χ3v) is 3.92. The lowest BCUT2D eigenvalue weighted by Crippen LogP contribution is -2.07. The van der Waals surface area contributed by atoms with Crippen LogP contribution in [0.15, 0.2) is 24.3 Å². The minimum Gasteiger partial charge on any atom is -0.308 e. The molecule has 2 heterocycles. The second-order valence-corrected chi connectivity index (χ2v) is 6.42. The fourth-order valence-corrected chi connectivity index (χ4v) is 2.92. The molecule has 1 aromatic carbocycles. The van der Waals surface area contributed by atoms with Crippen LogP contribution in [-0.2, 0) is 6.54 Å². The van der Waals surface area contributed by atoms with Crippen LogP contribution in [0.2, 0.25) is 10.2 Å². The maximum atomic E-state index is 6.34. The molecule has 2 aromatic heterocycles. The van der Waals surface area contributed by atoms with Crippen LogP contribution in [0, 0.1) is 12.8 Å². The molecule has 6 heteroatoms. The van der Waals surface area contributed by atoms with Gasteiger partial charge >= 0.3 is 0 Å². The lowest BCUT2D eigenvalue weighted by atomic mass is 10.2. The van der Waals surface area contributed by atoms with Crippen LogP contribution in [0.5, 0.6) is 0 Å². The summed E-state index contributed by atoms with van der Waals surface area (Å²) in [5.41, 5.74) is 2.24. The molecule has 22 heavy (non-hydrogen) atoms. The number of nitrogens with zero attached hydrogens (tertiary/aromatic N) is 4. The summed E-state index contributed by atoms with van der Waals surface area (Å²) < 4.78 is 2.07. The van der Waals surface area contributed by atoms with Gasteiger partial charge in [-0.15, -0.1) is 0 Å². The summed E-state index contributed by atoms with van der Waals surface area (Å²) in [5.74, 6) is 1.84. The van der Waals surface area contributed by atoms with E-state index in [2.05, 4.69) is 33.4 Å². The molecule has 0 unspecified atom stereocenters. The number of aryl methyl sites for hydroxylation is 1. The molecule has 0 radical (unpaired) electrons. The van der Waals surface area contributed by atoms with Gasteiger partial charge in [-0.25, -0.2) is 15.0 Å². The van der Waals surface area contributed by atoms with Crippen molar-refractivity contribution in [3.05, 3.63) is 40.3 Å². The van der Waals surface area contributed by atoms with Crippen LogP contribution >= 0.6 is 23.2 Å². The number of hydrogen-bond acceptors (Lipinski definition) is 3. The van der Waals surface area contributed by atoms with Gasteiger partial charge in [0.25, 0.3) is 0 Å². The standard InChI is InChI=1S/C16H16Cl2N4/c1-9(2)8-22-15(11-6-4-5-7-12(11)17)21-13-14(18)19-10(3)20-16(13)22/h4-7,9H,8H2,1-3H3. The third-order valence-electron chi connectivity index (χ3n) is 3.33. The van der Waals surface area contributed by atoms with E-state index in [1.165, 1.54) is 0 Å². The van der Waals surface area contributed by atoms with Gasteiger partial charge in [-0.05, 0) is 25.0 Å². The number of imidazole rings is 1. The van der Waals surface area contributed by atoms with Gasteiger partial charge in [0.2, 0.25) is 0 Å². The van der Waals surface area contributed by atoms with E-state index in [0.29, 0.717) is 27.4 Å². The van der Waals surface area contributed by atoms with Crippen molar-refractivity contribution < 1.29 is 0 Å². The first-order valence-electron chi connectivity index (χ1n) is 7.12. The number of halogens is 2. The van der Waals surface area contributed by atoms with Crippen LogP contribution < -0.4 is 0 Å². The Hall–Kier alpha value is -1.65. The Morgan fingerprint density at radius 3 is 2.50 bits per heavy atom. The molecule has 0 bridgehead atoms. The van der Waals surface area contributed by atoms with Gasteiger partial charge in [0.05, 0.1) is 5.02 Å². The summed E-state index contributed by atoms with van der Waals surface area (Å²) in [5, 5.41) is 1.03. The predicted molar refractivity (Wildman–Crippen MR) is 90.4 cm³/mol. The van der Waals surface area contributed by atoms with Crippen molar-refractivity contribution in [2.45, 2.75) is 27.3 Å². The molecule has 0 N–H and O–H groups in total. The van der Waals surface area contributed by atoms with Crippen molar-refractivity contribution in [3.8, 4) is 11.4 Å². The number of benzene rings is 1. The van der Waals surface area contributed by atoms with Gasteiger partial charge in [0, 0.05) is 12.1 Å². The first kappa shape index (κ1) is 15.3. The molecule has 0 atom stereocenters. The van der Waals surface area contributed by atoms with Crippen molar-refractivity contribution in [2.24, 2.45) is 5.92 Å². The highest BCUT2D eigenvalue weighted by Crippen LogP contribution is 2.32. The van der Waals surface area contributed by atoms with E-state index in [1.807, 2.05) is 31.2 Å². The Labute approximate surface area is 139 Å². The summed E-state index contributed by atoms with van der Waals surface area (Å²) >= 11 is 12.6. The number of aromatic nitrogens is 4. The zero-order valence-corrected chi connectivity index (χ0v) is 14.2. The minimum absolute atomic E-state index is 0.373. The second kappa shape index (κ2) is 5.86. The van der Waals surface area contributed by atoms with Gasteiger partial charge in [-0.1, -0.05) is 49.2 Å². The largest absolute Gasteiger partial charge is 0.308 e. The normalized spacial score (nSPS) is 11.5. The lowest BCUT2D eigenvalue weighted by Gasteiger charge is -2.12. The summed E-state index contributed by atoms with van der Waals surface area (Å²) in [6.45, 7) is 6.91. The molecule has 3 rings (SSSR count). The van der Waals surface area contributed by atoms with E-state index in [-0.39, 0.29) is 0 Å². The Morgan fingerprint density at radius 2 is 1.82 bits per heavy atom. The molecule has 0 aliphatic heterocycles. The monoisotopic (exact) mass is 334 g/mol. The molecule has 0 aliphatic rings. The zero-order chi connectivity index (χ0) is 15.9. The van der Waals surface area contributed by atoms with Crippen molar-refractivity contribution in [3.63, 3.8) is 0 Å². The fourth-order valence-electron chi connectivity index (χ4n) is 2.46. The first-order valence-corrected chi connectivity index (χ1v) is 7.88. The van der Waals surface area contributed by atoms with E-state index < -0.39 is 0 Å². The molecule has 114 valence electrons. The average Bonchev–Trinajstić information content (AvgIpc) is 2.78. The van der Waals surface area contributed by atoms with Crippen LogP contribution in [0.25, 0.3) is 22.6 Å². The smallest absolute Gasteiger partial charge is 0.165 e. The lowest BCUT2D eigenvalue weighted by molar-refractivity contribution is 0.534. The SMILES string of the molecule is Cc1nc(Cl)c2nc(-c3ccccc3Cl)n(CC(C)C)c2n1. The second-order valence-electron chi connectivity index (χ2n) is 5.65. The van der Waals surface area contributed by atoms with Crippen LogP contribution in [-0.4, -0.2) is 19.5 Å². The minimum atomic E-state index is 0.373. The van der Waals surface area contributed by atoms with Gasteiger partial charge in [-0.2, -0.15) is 0 Å². The van der Waals surface area contributed by atoms with Gasteiger partial charge in [0.1, 0.15) is 17.2 Å². The van der Waals surface area contributed by atoms with Crippen molar-refractivity contribution in [1.29, 1.82) is 0 Å². The fraction of sp³-hybridized carbons (Fsp3) is 0.312. The molecular formula is C16H16Cl2N4. The zero-order valence-electron chi connectivity index (χ0n) is 12.6. The van der Waals surface area contributed by atoms with Crippen LogP contribution in [0.4, 0.5) is 0 Å². The maximum Gasteiger partial charge on any atom is 0.165 e. The number of rotatable bonds is 3. The van der Waals surface area contributed by atoms with Crippen LogP contribution in [0.1, 0.15) is 19.7 Å². The molecule has 0 fully saturated rings. The topological polar surface area (TPSA) is 43.6 Å². The van der Waals surface area contributed by atoms with Crippen molar-refractivity contribution in [1.82, 2.24) is 19.5 Å². The molecule has 0 saturated heterocycles. The van der Waals surface area contributed by atoms with Gasteiger partial charge in [-0.3, -0.25) is 0 Å². The van der Waals surface area contributed by atoms with Crippen LogP contribution in [0.3, 0.4) is 0 Å². The quantitative estimate of drug-likeness (QED) is 0.648. The summed E-state index contributed by atoms with van der Waals surface area (Å²) in [6.07, 6.45) is 0. The summed E-state index contributed by atoms with van der Waals surface area (Å²) in [4.78, 5) is 13.4. The number of fused-ring (bicyclic) bond motifs is 1. The Kier molecular flexibility index (Phi) is 4.06. The Balaban J connectivity index is 2.34. The summed E-state index contributed by atoms with van der Waals surface area (Å²) in [6, 6.07) is 7.65. The Bertz CT molecular complexity index is 840.